The maximum Gasteiger partial charge on any atom is 0.211 e. The fraction of sp³-hybridized carbons (Fsp3) is 0.760. The minimum Gasteiger partial charge on any atom is -0.391 e. The van der Waals surface area contributed by atoms with Crippen molar-refractivity contribution in [2.75, 3.05) is 13.1 Å². The maximum absolute atomic E-state index is 11.5. The number of fused-ring (bicyclic) bond motifs is 5. The number of nitrogens with zero attached hydrogens (tertiary/aromatic N) is 1. The summed E-state index contributed by atoms with van der Waals surface area (Å²) in [5.41, 5.74) is 5.67. The predicted molar refractivity (Wildman–Crippen MR) is 119 cm³/mol. The molecule has 6 atom stereocenters. The number of hydrogen-bond donors (Lipinski definition) is 2. The standard InChI is InChI=1S/C25H37N3O2/c1-16-4-5-20-19-13-23(27-15-29)22-12-17(28-30-18-8-11-26-14-18)6-9-25(22,3)21(19)7-10-24(16,20)2/h15,18-21,26H,1,4-14H2,2-3H3,(H,27,29). The molecule has 4 fully saturated rings. The summed E-state index contributed by atoms with van der Waals surface area (Å²) in [6.45, 7) is 11.3. The van der Waals surface area contributed by atoms with E-state index in [4.69, 9.17) is 4.84 Å². The number of carbonyl (C=O) groups is 1. The summed E-state index contributed by atoms with van der Waals surface area (Å²) in [6, 6.07) is 0. The number of rotatable bonds is 4. The van der Waals surface area contributed by atoms with Gasteiger partial charge in [0.25, 0.3) is 0 Å². The van der Waals surface area contributed by atoms with E-state index < -0.39 is 0 Å². The number of carbonyl (C=O) groups excluding carboxylic acids is 1. The van der Waals surface area contributed by atoms with Crippen LogP contribution in [-0.2, 0) is 9.63 Å². The molecule has 0 spiro atoms. The number of nitrogens with one attached hydrogen (secondary N) is 2. The zero-order valence-electron chi connectivity index (χ0n) is 18.6. The molecule has 164 valence electrons. The summed E-state index contributed by atoms with van der Waals surface area (Å²) < 4.78 is 0. The van der Waals surface area contributed by atoms with Crippen LogP contribution < -0.4 is 10.6 Å². The first-order valence-corrected chi connectivity index (χ1v) is 12.0. The monoisotopic (exact) mass is 411 g/mol. The first-order chi connectivity index (χ1) is 14.5. The van der Waals surface area contributed by atoms with Crippen molar-refractivity contribution in [3.63, 3.8) is 0 Å². The molecule has 0 aromatic carbocycles. The van der Waals surface area contributed by atoms with Crippen LogP contribution in [0.15, 0.2) is 28.6 Å². The Labute approximate surface area is 180 Å². The average Bonchev–Trinajstić information content (AvgIpc) is 3.35. The zero-order valence-corrected chi connectivity index (χ0v) is 18.6. The largest absolute Gasteiger partial charge is 0.391 e. The van der Waals surface area contributed by atoms with Gasteiger partial charge >= 0.3 is 0 Å². The molecule has 0 radical (unpaired) electrons. The number of hydrogen-bond acceptors (Lipinski definition) is 4. The van der Waals surface area contributed by atoms with E-state index in [0.29, 0.717) is 23.2 Å². The van der Waals surface area contributed by atoms with Crippen LogP contribution in [0.5, 0.6) is 0 Å². The lowest BCUT2D eigenvalue weighted by atomic mass is 9.47. The first kappa shape index (κ1) is 20.3. The average molecular weight is 412 g/mol. The second-order valence-corrected chi connectivity index (χ2v) is 10.9. The fourth-order valence-corrected chi connectivity index (χ4v) is 7.70. The molecule has 2 N–H and O–H groups in total. The van der Waals surface area contributed by atoms with Crippen LogP contribution in [0, 0.1) is 28.6 Å². The van der Waals surface area contributed by atoms with Gasteiger partial charge in [-0.1, -0.05) is 31.2 Å². The van der Waals surface area contributed by atoms with Crippen LogP contribution in [0.1, 0.15) is 71.6 Å². The van der Waals surface area contributed by atoms with Gasteiger partial charge in [0.15, 0.2) is 0 Å². The minimum atomic E-state index is 0.160. The van der Waals surface area contributed by atoms with Crippen LogP contribution in [-0.4, -0.2) is 31.3 Å². The predicted octanol–water partition coefficient (Wildman–Crippen LogP) is 4.31. The molecule has 5 rings (SSSR count). The molecule has 1 amide bonds. The molecule has 0 aromatic heterocycles. The van der Waals surface area contributed by atoms with Crippen molar-refractivity contribution in [1.29, 1.82) is 0 Å². The van der Waals surface area contributed by atoms with E-state index in [1.165, 1.54) is 42.5 Å². The lowest BCUT2D eigenvalue weighted by Crippen LogP contribution is -2.51. The van der Waals surface area contributed by atoms with Gasteiger partial charge in [-0.3, -0.25) is 4.79 Å². The molecule has 3 saturated carbocycles. The number of allylic oxidation sites excluding steroid dienone is 3. The summed E-state index contributed by atoms with van der Waals surface area (Å²) in [4.78, 5) is 17.4. The Morgan fingerprint density at radius 2 is 2.00 bits per heavy atom. The SMILES string of the molecule is C=C1CCC2C3CC(NC=O)=C4CC(=NOC5CCNC5)CCC4(C)C3CCC12C. The Bertz CT molecular complexity index is 796. The van der Waals surface area contributed by atoms with E-state index in [1.807, 2.05) is 0 Å². The minimum absolute atomic E-state index is 0.160. The van der Waals surface area contributed by atoms with E-state index >= 15 is 0 Å². The highest BCUT2D eigenvalue weighted by molar-refractivity contribution is 5.88. The Morgan fingerprint density at radius 3 is 2.77 bits per heavy atom. The van der Waals surface area contributed by atoms with Gasteiger partial charge in [0.05, 0.1) is 5.71 Å². The third kappa shape index (κ3) is 3.07. The van der Waals surface area contributed by atoms with Crippen molar-refractivity contribution in [3.05, 3.63) is 23.4 Å². The van der Waals surface area contributed by atoms with Gasteiger partial charge in [-0.25, -0.2) is 0 Å². The first-order valence-electron chi connectivity index (χ1n) is 12.0. The molecular formula is C25H37N3O2. The van der Waals surface area contributed by atoms with Gasteiger partial charge in [-0.05, 0) is 85.6 Å². The van der Waals surface area contributed by atoms with Crippen molar-refractivity contribution < 1.29 is 9.63 Å². The van der Waals surface area contributed by atoms with Gasteiger partial charge in [-0.2, -0.15) is 0 Å². The van der Waals surface area contributed by atoms with Crippen LogP contribution >= 0.6 is 0 Å². The van der Waals surface area contributed by atoms with Crippen LogP contribution in [0.3, 0.4) is 0 Å². The maximum atomic E-state index is 11.5. The smallest absolute Gasteiger partial charge is 0.211 e. The molecular weight excluding hydrogens is 374 g/mol. The molecule has 5 nitrogen and oxygen atoms in total. The second-order valence-electron chi connectivity index (χ2n) is 10.9. The lowest BCUT2D eigenvalue weighted by molar-refractivity contribution is -0.109. The topological polar surface area (TPSA) is 62.7 Å². The lowest BCUT2D eigenvalue weighted by Gasteiger charge is -2.58. The van der Waals surface area contributed by atoms with Crippen molar-refractivity contribution in [1.82, 2.24) is 10.6 Å². The van der Waals surface area contributed by atoms with Gasteiger partial charge in [0.2, 0.25) is 6.41 Å². The number of amides is 1. The highest BCUT2D eigenvalue weighted by Crippen LogP contribution is 2.66. The third-order valence-corrected chi connectivity index (χ3v) is 9.60. The summed E-state index contributed by atoms with van der Waals surface area (Å²) in [5, 5.41) is 11.0. The summed E-state index contributed by atoms with van der Waals surface area (Å²) in [5.74, 6) is 2.06. The highest BCUT2D eigenvalue weighted by Gasteiger charge is 2.58. The van der Waals surface area contributed by atoms with E-state index in [-0.39, 0.29) is 11.5 Å². The molecule has 30 heavy (non-hydrogen) atoms. The Morgan fingerprint density at radius 1 is 1.17 bits per heavy atom. The van der Waals surface area contributed by atoms with E-state index in [0.717, 1.165) is 57.3 Å². The summed E-state index contributed by atoms with van der Waals surface area (Å²) >= 11 is 0. The zero-order chi connectivity index (χ0) is 20.9. The quantitative estimate of drug-likeness (QED) is 0.412. The Balaban J connectivity index is 1.44. The molecule has 4 aliphatic carbocycles. The molecule has 0 bridgehead atoms. The third-order valence-electron chi connectivity index (χ3n) is 9.60. The molecule has 0 aromatic rings. The molecule has 1 heterocycles. The van der Waals surface area contributed by atoms with Gasteiger partial charge in [-0.15, -0.1) is 0 Å². The second kappa shape index (κ2) is 7.51. The molecule has 1 aliphatic heterocycles. The van der Waals surface area contributed by atoms with E-state index in [1.54, 1.807) is 0 Å². The van der Waals surface area contributed by atoms with Crippen LogP contribution in [0.2, 0.25) is 0 Å². The summed E-state index contributed by atoms with van der Waals surface area (Å²) in [7, 11) is 0. The highest BCUT2D eigenvalue weighted by atomic mass is 16.6. The summed E-state index contributed by atoms with van der Waals surface area (Å²) in [6.07, 6.45) is 11.1. The van der Waals surface area contributed by atoms with E-state index in [9.17, 15) is 4.79 Å². The number of oxime groups is 1. The molecule has 5 aliphatic rings. The van der Waals surface area contributed by atoms with Crippen LogP contribution in [0.25, 0.3) is 0 Å². The molecule has 1 saturated heterocycles. The van der Waals surface area contributed by atoms with Gasteiger partial charge in [0.1, 0.15) is 6.10 Å². The van der Waals surface area contributed by atoms with Crippen molar-refractivity contribution in [2.45, 2.75) is 77.7 Å². The van der Waals surface area contributed by atoms with Gasteiger partial charge < -0.3 is 15.5 Å². The van der Waals surface area contributed by atoms with Crippen LogP contribution in [0.4, 0.5) is 0 Å². The normalized spacial score (nSPS) is 44.5. The molecule has 5 heteroatoms. The van der Waals surface area contributed by atoms with Crippen molar-refractivity contribution >= 4 is 12.1 Å². The molecule has 6 unspecified atom stereocenters. The van der Waals surface area contributed by atoms with Crippen molar-refractivity contribution in [3.8, 4) is 0 Å². The van der Waals surface area contributed by atoms with Gasteiger partial charge in [0, 0.05) is 25.1 Å². The Hall–Kier alpha value is -1.62. The van der Waals surface area contributed by atoms with E-state index in [2.05, 4.69) is 36.2 Å². The fourth-order valence-electron chi connectivity index (χ4n) is 7.70. The van der Waals surface area contributed by atoms with Crippen molar-refractivity contribution in [2.24, 2.45) is 33.7 Å². The Kier molecular flexibility index (Phi) is 5.08.